The fourth-order valence-electron chi connectivity index (χ4n) is 2.21. The van der Waals surface area contributed by atoms with Crippen LogP contribution in [0.4, 0.5) is 5.69 Å². The molecule has 4 nitrogen and oxygen atoms in total. The van der Waals surface area contributed by atoms with Crippen molar-refractivity contribution < 1.29 is 14.3 Å². The molecule has 0 spiro atoms. The molecule has 0 aliphatic heterocycles. The largest absolute Gasteiger partial charge is 0.459 e. The van der Waals surface area contributed by atoms with Crippen molar-refractivity contribution in [2.24, 2.45) is 0 Å². The first kappa shape index (κ1) is 16.6. The second kappa shape index (κ2) is 7.09. The van der Waals surface area contributed by atoms with E-state index in [-0.39, 0.29) is 17.5 Å². The molecular weight excluding hydrogens is 349 g/mol. The highest BCUT2D eigenvalue weighted by molar-refractivity contribution is 6.44. The Hall–Kier alpha value is -2.27. The van der Waals surface area contributed by atoms with Crippen LogP contribution in [-0.4, -0.2) is 11.0 Å². The number of rotatable bonds is 4. The average Bonchev–Trinajstić information content (AvgIpc) is 3.07. The van der Waals surface area contributed by atoms with Crippen molar-refractivity contribution in [2.45, 2.75) is 6.61 Å². The summed E-state index contributed by atoms with van der Waals surface area (Å²) in [6, 6.07) is 15.5. The molecule has 0 aliphatic carbocycles. The number of amides is 1. The van der Waals surface area contributed by atoms with Gasteiger partial charge in [0.05, 0.1) is 15.6 Å². The van der Waals surface area contributed by atoms with Gasteiger partial charge in [-0.1, -0.05) is 29.3 Å². The molecule has 3 rings (SSSR count). The molecule has 0 unspecified atom stereocenters. The minimum atomic E-state index is -0.337. The van der Waals surface area contributed by atoms with Crippen LogP contribution in [0.1, 0.15) is 16.1 Å². The van der Waals surface area contributed by atoms with Crippen molar-refractivity contribution in [1.29, 1.82) is 0 Å². The van der Waals surface area contributed by atoms with Crippen molar-refractivity contribution in [2.75, 3.05) is 5.32 Å². The summed E-state index contributed by atoms with van der Waals surface area (Å²) in [7, 11) is 0. The topological polar surface area (TPSA) is 62.5 Å². The molecule has 2 aromatic carbocycles. The Kier molecular flexibility index (Phi) is 4.90. The molecule has 3 aromatic rings. The Morgan fingerprint density at radius 3 is 2.46 bits per heavy atom. The quantitative estimate of drug-likeness (QED) is 0.687. The standard InChI is InChI=1S/C18H13Cl2NO3/c19-15-3-1-2-14(17(15)20)18(23)21-12-6-4-11(5-7-12)16-9-8-13(10-22)24-16/h1-9,22H,10H2,(H,21,23). The smallest absolute Gasteiger partial charge is 0.257 e. The number of halogens is 2. The molecule has 6 heteroatoms. The number of anilines is 1. The van der Waals surface area contributed by atoms with Gasteiger partial charge in [0.25, 0.3) is 5.91 Å². The van der Waals surface area contributed by atoms with E-state index in [1.807, 2.05) is 12.1 Å². The van der Waals surface area contributed by atoms with E-state index in [4.69, 9.17) is 32.7 Å². The molecule has 2 N–H and O–H groups in total. The summed E-state index contributed by atoms with van der Waals surface area (Å²) in [6.07, 6.45) is 0. The average molecular weight is 362 g/mol. The maximum atomic E-state index is 12.3. The van der Waals surface area contributed by atoms with Gasteiger partial charge in [-0.05, 0) is 48.5 Å². The van der Waals surface area contributed by atoms with Gasteiger partial charge in [-0.15, -0.1) is 0 Å². The van der Waals surface area contributed by atoms with Crippen LogP contribution in [0.25, 0.3) is 11.3 Å². The molecule has 0 atom stereocenters. The highest BCUT2D eigenvalue weighted by Gasteiger charge is 2.13. The number of aliphatic hydroxyl groups excluding tert-OH is 1. The molecule has 1 amide bonds. The molecule has 0 bridgehead atoms. The number of hydrogen-bond acceptors (Lipinski definition) is 3. The molecule has 0 radical (unpaired) electrons. The second-order valence-electron chi connectivity index (χ2n) is 5.06. The summed E-state index contributed by atoms with van der Waals surface area (Å²) in [5.41, 5.74) is 1.77. The Morgan fingerprint density at radius 1 is 1.04 bits per heavy atom. The Balaban J connectivity index is 1.76. The molecule has 0 saturated heterocycles. The van der Waals surface area contributed by atoms with Crippen molar-refractivity contribution in [3.8, 4) is 11.3 Å². The van der Waals surface area contributed by atoms with E-state index in [9.17, 15) is 4.79 Å². The van der Waals surface area contributed by atoms with E-state index < -0.39 is 0 Å². The number of furan rings is 1. The number of aliphatic hydroxyl groups is 1. The van der Waals surface area contributed by atoms with Crippen LogP contribution in [0, 0.1) is 0 Å². The number of carbonyl (C=O) groups is 1. The lowest BCUT2D eigenvalue weighted by atomic mass is 10.1. The lowest BCUT2D eigenvalue weighted by Crippen LogP contribution is -2.12. The zero-order valence-corrected chi connectivity index (χ0v) is 13.9. The third kappa shape index (κ3) is 3.46. The molecule has 0 saturated carbocycles. The fraction of sp³-hybridized carbons (Fsp3) is 0.0556. The summed E-state index contributed by atoms with van der Waals surface area (Å²) in [4.78, 5) is 12.3. The summed E-state index contributed by atoms with van der Waals surface area (Å²) < 4.78 is 5.47. The predicted molar refractivity (Wildman–Crippen MR) is 94.5 cm³/mol. The number of carbonyl (C=O) groups excluding carboxylic acids is 1. The first-order valence-corrected chi connectivity index (χ1v) is 7.89. The Bertz CT molecular complexity index is 872. The molecule has 24 heavy (non-hydrogen) atoms. The van der Waals surface area contributed by atoms with Gasteiger partial charge in [0, 0.05) is 11.3 Å². The van der Waals surface area contributed by atoms with E-state index in [1.165, 1.54) is 0 Å². The van der Waals surface area contributed by atoms with E-state index in [0.717, 1.165) is 5.56 Å². The van der Waals surface area contributed by atoms with Gasteiger partial charge in [0.2, 0.25) is 0 Å². The highest BCUT2D eigenvalue weighted by Crippen LogP contribution is 2.27. The lowest BCUT2D eigenvalue weighted by Gasteiger charge is -2.08. The lowest BCUT2D eigenvalue weighted by molar-refractivity contribution is 0.102. The van der Waals surface area contributed by atoms with Crippen molar-refractivity contribution >= 4 is 34.8 Å². The summed E-state index contributed by atoms with van der Waals surface area (Å²) in [5, 5.41) is 12.4. The van der Waals surface area contributed by atoms with E-state index >= 15 is 0 Å². The van der Waals surface area contributed by atoms with Crippen LogP contribution in [0.2, 0.25) is 10.0 Å². The maximum Gasteiger partial charge on any atom is 0.257 e. The van der Waals surface area contributed by atoms with E-state index in [1.54, 1.807) is 42.5 Å². The maximum absolute atomic E-state index is 12.3. The van der Waals surface area contributed by atoms with Crippen molar-refractivity contribution in [3.63, 3.8) is 0 Å². The summed E-state index contributed by atoms with van der Waals surface area (Å²) in [6.45, 7) is -0.144. The van der Waals surface area contributed by atoms with E-state index in [2.05, 4.69) is 5.32 Å². The Morgan fingerprint density at radius 2 is 1.79 bits per heavy atom. The molecular formula is C18H13Cl2NO3. The summed E-state index contributed by atoms with van der Waals surface area (Å²) >= 11 is 12.0. The van der Waals surface area contributed by atoms with Crippen LogP contribution in [0.3, 0.4) is 0 Å². The normalized spacial score (nSPS) is 10.6. The first-order valence-electron chi connectivity index (χ1n) is 7.14. The predicted octanol–water partition coefficient (Wildman–Crippen LogP) is 5.00. The van der Waals surface area contributed by atoms with Crippen molar-refractivity contribution in [3.05, 3.63) is 76.0 Å². The van der Waals surface area contributed by atoms with Crippen LogP contribution < -0.4 is 5.32 Å². The van der Waals surface area contributed by atoms with Crippen LogP contribution in [0.15, 0.2) is 59.0 Å². The summed E-state index contributed by atoms with van der Waals surface area (Å²) in [5.74, 6) is 0.809. The van der Waals surface area contributed by atoms with Crippen LogP contribution in [0.5, 0.6) is 0 Å². The second-order valence-corrected chi connectivity index (χ2v) is 5.84. The third-order valence-corrected chi connectivity index (χ3v) is 4.26. The zero-order chi connectivity index (χ0) is 17.1. The molecule has 1 heterocycles. The Labute approximate surface area is 148 Å². The van der Waals surface area contributed by atoms with Gasteiger partial charge in [0.15, 0.2) is 0 Å². The van der Waals surface area contributed by atoms with Gasteiger partial charge in [-0.2, -0.15) is 0 Å². The van der Waals surface area contributed by atoms with Crippen LogP contribution in [-0.2, 0) is 6.61 Å². The first-order chi connectivity index (χ1) is 11.6. The number of nitrogens with one attached hydrogen (secondary N) is 1. The molecule has 0 aliphatic rings. The van der Waals surface area contributed by atoms with Gasteiger partial charge < -0.3 is 14.8 Å². The number of benzene rings is 2. The third-order valence-electron chi connectivity index (χ3n) is 3.44. The van der Waals surface area contributed by atoms with Gasteiger partial charge >= 0.3 is 0 Å². The van der Waals surface area contributed by atoms with Gasteiger partial charge in [-0.3, -0.25) is 4.79 Å². The molecule has 122 valence electrons. The fourth-order valence-corrected chi connectivity index (χ4v) is 2.60. The monoisotopic (exact) mass is 361 g/mol. The molecule has 0 fully saturated rings. The minimum Gasteiger partial charge on any atom is -0.459 e. The van der Waals surface area contributed by atoms with Gasteiger partial charge in [-0.25, -0.2) is 0 Å². The minimum absolute atomic E-state index is 0.144. The van der Waals surface area contributed by atoms with Crippen molar-refractivity contribution in [1.82, 2.24) is 0 Å². The highest BCUT2D eigenvalue weighted by atomic mass is 35.5. The molecule has 1 aromatic heterocycles. The number of hydrogen-bond donors (Lipinski definition) is 2. The van der Waals surface area contributed by atoms with E-state index in [0.29, 0.717) is 27.8 Å². The van der Waals surface area contributed by atoms with Gasteiger partial charge in [0.1, 0.15) is 18.1 Å². The zero-order valence-electron chi connectivity index (χ0n) is 12.4. The SMILES string of the molecule is O=C(Nc1ccc(-c2ccc(CO)o2)cc1)c1cccc(Cl)c1Cl. The van der Waals surface area contributed by atoms with Crippen LogP contribution >= 0.6 is 23.2 Å².